The SMILES string of the molecule is COc1nc2sc(OC(=O)NC3CC3)c(N)c2c(C)c1Cl. The zero-order chi connectivity index (χ0) is 15.1. The summed E-state index contributed by atoms with van der Waals surface area (Å²) in [6.45, 7) is 1.83. The highest BCUT2D eigenvalue weighted by Gasteiger charge is 2.26. The summed E-state index contributed by atoms with van der Waals surface area (Å²) in [7, 11) is 1.50. The second-order valence-corrected chi connectivity index (χ2v) is 6.19. The Morgan fingerprint density at radius 2 is 2.24 bits per heavy atom. The zero-order valence-electron chi connectivity index (χ0n) is 11.5. The van der Waals surface area contributed by atoms with Gasteiger partial charge in [-0.05, 0) is 25.3 Å². The van der Waals surface area contributed by atoms with Gasteiger partial charge in [-0.15, -0.1) is 0 Å². The number of nitrogens with zero attached hydrogens (tertiary/aromatic N) is 1. The maximum atomic E-state index is 11.7. The van der Waals surface area contributed by atoms with Gasteiger partial charge in [0.15, 0.2) is 0 Å². The Balaban J connectivity index is 1.98. The van der Waals surface area contributed by atoms with Crippen molar-refractivity contribution < 1.29 is 14.3 Å². The Hall–Kier alpha value is -1.73. The lowest BCUT2D eigenvalue weighted by molar-refractivity contribution is 0.201. The molecule has 0 atom stereocenters. The standard InChI is InChI=1S/C13H14ClN3O3S/c1-5-7-9(15)12(20-13(18)16-6-3-4-6)21-11(7)17-10(19-2)8(5)14/h6H,3-4,15H2,1-2H3,(H,16,18). The number of nitrogens with one attached hydrogen (secondary N) is 1. The third-order valence-corrected chi connectivity index (χ3v) is 4.69. The largest absolute Gasteiger partial charge is 0.480 e. The molecular formula is C13H14ClN3O3S. The summed E-state index contributed by atoms with van der Waals surface area (Å²) in [4.78, 5) is 16.6. The van der Waals surface area contributed by atoms with Crippen LogP contribution in [0.1, 0.15) is 18.4 Å². The van der Waals surface area contributed by atoms with E-state index in [2.05, 4.69) is 10.3 Å². The second kappa shape index (κ2) is 5.23. The molecule has 1 aliphatic carbocycles. The van der Waals surface area contributed by atoms with E-state index >= 15 is 0 Å². The molecule has 0 bridgehead atoms. The number of pyridine rings is 1. The Labute approximate surface area is 130 Å². The highest BCUT2D eigenvalue weighted by molar-refractivity contribution is 7.21. The number of amides is 1. The number of aryl methyl sites for hydroxylation is 1. The van der Waals surface area contributed by atoms with Crippen molar-refractivity contribution >= 4 is 44.9 Å². The van der Waals surface area contributed by atoms with Crippen LogP contribution in [0, 0.1) is 6.92 Å². The fourth-order valence-electron chi connectivity index (χ4n) is 1.98. The number of fused-ring (bicyclic) bond motifs is 1. The number of hydrogen-bond acceptors (Lipinski definition) is 6. The molecule has 6 nitrogen and oxygen atoms in total. The fraction of sp³-hybridized carbons (Fsp3) is 0.385. The number of thiophene rings is 1. The topological polar surface area (TPSA) is 86.5 Å². The first-order valence-electron chi connectivity index (χ1n) is 6.41. The van der Waals surface area contributed by atoms with Gasteiger partial charge in [-0.2, -0.15) is 0 Å². The van der Waals surface area contributed by atoms with E-state index in [1.165, 1.54) is 18.4 Å². The Bertz CT molecular complexity index is 727. The summed E-state index contributed by atoms with van der Waals surface area (Å²) in [5.41, 5.74) is 7.19. The number of aromatic nitrogens is 1. The maximum absolute atomic E-state index is 11.7. The van der Waals surface area contributed by atoms with Crippen molar-refractivity contribution in [2.24, 2.45) is 0 Å². The molecule has 0 unspecified atom stereocenters. The zero-order valence-corrected chi connectivity index (χ0v) is 13.1. The molecule has 0 radical (unpaired) electrons. The van der Waals surface area contributed by atoms with Crippen molar-refractivity contribution in [1.82, 2.24) is 10.3 Å². The number of hydrogen-bond donors (Lipinski definition) is 2. The normalized spacial score (nSPS) is 14.2. The first-order chi connectivity index (χ1) is 10.0. The van der Waals surface area contributed by atoms with Crippen molar-refractivity contribution in [2.75, 3.05) is 12.8 Å². The number of ether oxygens (including phenoxy) is 2. The van der Waals surface area contributed by atoms with E-state index in [9.17, 15) is 4.79 Å². The van der Waals surface area contributed by atoms with Crippen molar-refractivity contribution in [3.63, 3.8) is 0 Å². The van der Waals surface area contributed by atoms with Gasteiger partial charge in [0.25, 0.3) is 0 Å². The second-order valence-electron chi connectivity index (χ2n) is 4.85. The van der Waals surface area contributed by atoms with E-state index in [-0.39, 0.29) is 6.04 Å². The number of nitrogens with two attached hydrogens (primary N) is 1. The molecule has 8 heteroatoms. The van der Waals surface area contributed by atoms with Gasteiger partial charge in [-0.25, -0.2) is 9.78 Å². The van der Waals surface area contributed by atoms with Crippen LogP contribution in [-0.4, -0.2) is 24.2 Å². The van der Waals surface area contributed by atoms with Crippen molar-refractivity contribution in [1.29, 1.82) is 0 Å². The van der Waals surface area contributed by atoms with E-state index in [1.807, 2.05) is 6.92 Å². The Morgan fingerprint density at radius 1 is 1.52 bits per heavy atom. The number of rotatable bonds is 3. The van der Waals surface area contributed by atoms with Crippen LogP contribution < -0.4 is 20.5 Å². The fourth-order valence-corrected chi connectivity index (χ4v) is 3.20. The maximum Gasteiger partial charge on any atom is 0.413 e. The quantitative estimate of drug-likeness (QED) is 0.904. The minimum absolute atomic E-state index is 0.225. The Morgan fingerprint density at radius 3 is 2.86 bits per heavy atom. The molecule has 112 valence electrons. The van der Waals surface area contributed by atoms with Gasteiger partial charge in [-0.1, -0.05) is 22.9 Å². The molecule has 3 N–H and O–H groups in total. The smallest absolute Gasteiger partial charge is 0.413 e. The highest BCUT2D eigenvalue weighted by atomic mass is 35.5. The average Bonchev–Trinajstić information content (AvgIpc) is 3.19. The third kappa shape index (κ3) is 2.58. The molecule has 2 heterocycles. The molecule has 2 aromatic heterocycles. The van der Waals surface area contributed by atoms with Crippen LogP contribution in [0.2, 0.25) is 5.02 Å². The summed E-state index contributed by atoms with van der Waals surface area (Å²) >= 11 is 7.37. The summed E-state index contributed by atoms with van der Waals surface area (Å²) in [5, 5.41) is 4.16. The lowest BCUT2D eigenvalue weighted by Gasteiger charge is -2.06. The molecule has 21 heavy (non-hydrogen) atoms. The average molecular weight is 328 g/mol. The number of nitrogen functional groups attached to an aromatic ring is 1. The van der Waals surface area contributed by atoms with Crippen LogP contribution in [0.15, 0.2) is 0 Å². The van der Waals surface area contributed by atoms with Gasteiger partial charge in [-0.3, -0.25) is 0 Å². The van der Waals surface area contributed by atoms with Crippen LogP contribution in [0.3, 0.4) is 0 Å². The van der Waals surface area contributed by atoms with Gasteiger partial charge in [0, 0.05) is 11.4 Å². The monoisotopic (exact) mass is 327 g/mol. The molecule has 2 aromatic rings. The molecule has 3 rings (SSSR count). The van der Waals surface area contributed by atoms with Gasteiger partial charge in [0.05, 0.1) is 12.8 Å². The first-order valence-corrected chi connectivity index (χ1v) is 7.61. The van der Waals surface area contributed by atoms with Crippen molar-refractivity contribution in [3.05, 3.63) is 10.6 Å². The van der Waals surface area contributed by atoms with Crippen LogP contribution in [-0.2, 0) is 0 Å². The van der Waals surface area contributed by atoms with Crippen LogP contribution in [0.5, 0.6) is 10.9 Å². The molecular weight excluding hydrogens is 314 g/mol. The van der Waals surface area contributed by atoms with E-state index in [0.717, 1.165) is 18.4 Å². The predicted octanol–water partition coefficient (Wildman–Crippen LogP) is 3.10. The number of carbonyl (C=O) groups excluding carboxylic acids is 1. The highest BCUT2D eigenvalue weighted by Crippen LogP contribution is 2.44. The minimum atomic E-state index is -0.494. The summed E-state index contributed by atoms with van der Waals surface area (Å²) in [6, 6.07) is 0.225. The summed E-state index contributed by atoms with van der Waals surface area (Å²) in [5.74, 6) is 0.330. The molecule has 1 fully saturated rings. The van der Waals surface area contributed by atoms with Crippen molar-refractivity contribution in [3.8, 4) is 10.9 Å². The lowest BCUT2D eigenvalue weighted by atomic mass is 10.2. The molecule has 0 aromatic carbocycles. The van der Waals surface area contributed by atoms with E-state index in [0.29, 0.717) is 31.9 Å². The van der Waals surface area contributed by atoms with E-state index in [1.54, 1.807) is 0 Å². The van der Waals surface area contributed by atoms with Crippen molar-refractivity contribution in [2.45, 2.75) is 25.8 Å². The number of halogens is 1. The van der Waals surface area contributed by atoms with Gasteiger partial charge < -0.3 is 20.5 Å². The Kier molecular flexibility index (Phi) is 3.54. The lowest BCUT2D eigenvalue weighted by Crippen LogP contribution is -2.28. The molecule has 1 saturated carbocycles. The van der Waals surface area contributed by atoms with Gasteiger partial charge >= 0.3 is 6.09 Å². The molecule has 1 aliphatic rings. The number of carbonyl (C=O) groups is 1. The number of methoxy groups -OCH3 is 1. The van der Waals surface area contributed by atoms with Crippen LogP contribution in [0.4, 0.5) is 10.5 Å². The summed E-state index contributed by atoms with van der Waals surface area (Å²) in [6.07, 6.45) is 1.49. The van der Waals surface area contributed by atoms with E-state index < -0.39 is 6.09 Å². The minimum Gasteiger partial charge on any atom is -0.480 e. The first kappa shape index (κ1) is 14.2. The third-order valence-electron chi connectivity index (χ3n) is 3.27. The summed E-state index contributed by atoms with van der Waals surface area (Å²) < 4.78 is 10.4. The van der Waals surface area contributed by atoms with Gasteiger partial charge in [0.2, 0.25) is 10.9 Å². The van der Waals surface area contributed by atoms with Crippen LogP contribution in [0.25, 0.3) is 10.2 Å². The molecule has 0 saturated heterocycles. The van der Waals surface area contributed by atoms with Crippen LogP contribution >= 0.6 is 22.9 Å². The molecule has 0 aliphatic heterocycles. The molecule has 0 spiro atoms. The molecule has 1 amide bonds. The van der Waals surface area contributed by atoms with Gasteiger partial charge in [0.1, 0.15) is 9.85 Å². The number of anilines is 1. The predicted molar refractivity (Wildman–Crippen MR) is 82.5 cm³/mol. The van der Waals surface area contributed by atoms with E-state index in [4.69, 9.17) is 26.8 Å².